The second-order valence-electron chi connectivity index (χ2n) is 5.89. The maximum absolute atomic E-state index is 5.84. The van der Waals surface area contributed by atoms with Gasteiger partial charge in [0.05, 0.1) is 6.61 Å². The van der Waals surface area contributed by atoms with Crippen LogP contribution in [-0.2, 0) is 13.6 Å². The monoisotopic (exact) mass is 334 g/mol. The Balaban J connectivity index is 0.00000208. The van der Waals surface area contributed by atoms with Gasteiger partial charge in [0.25, 0.3) is 0 Å². The van der Waals surface area contributed by atoms with Crippen molar-refractivity contribution in [1.29, 1.82) is 0 Å². The molecule has 1 aromatic carbocycles. The van der Waals surface area contributed by atoms with Crippen molar-refractivity contribution in [2.24, 2.45) is 7.05 Å². The van der Waals surface area contributed by atoms with E-state index in [0.29, 0.717) is 12.6 Å². The van der Waals surface area contributed by atoms with E-state index in [1.54, 1.807) is 4.68 Å². The number of anilines is 1. The average Bonchev–Trinajstić information content (AvgIpc) is 3.20. The second-order valence-corrected chi connectivity index (χ2v) is 5.89. The first-order valence-corrected chi connectivity index (χ1v) is 8.21. The van der Waals surface area contributed by atoms with Gasteiger partial charge in [-0.05, 0) is 60.5 Å². The molecule has 3 N–H and O–H groups in total. The lowest BCUT2D eigenvalue weighted by Gasteiger charge is -2.15. The van der Waals surface area contributed by atoms with Crippen LogP contribution in [-0.4, -0.2) is 56.8 Å². The Hall–Kier alpha value is -2.19. The highest BCUT2D eigenvalue weighted by Crippen LogP contribution is 2.17. The van der Waals surface area contributed by atoms with Crippen LogP contribution >= 0.6 is 0 Å². The number of likely N-dealkylation sites (tertiary alicyclic amines) is 1. The van der Waals surface area contributed by atoms with Gasteiger partial charge in [-0.3, -0.25) is 4.90 Å². The normalized spacial score (nSPS) is 14.4. The fraction of sp³-hybridized carbons (Fsp3) is 0.562. The van der Waals surface area contributed by atoms with Crippen LogP contribution in [0.1, 0.15) is 24.8 Å². The van der Waals surface area contributed by atoms with E-state index in [1.807, 2.05) is 13.1 Å². The van der Waals surface area contributed by atoms with E-state index in [4.69, 9.17) is 4.74 Å². The number of hydrogen-bond acceptors (Lipinski definition) is 6. The van der Waals surface area contributed by atoms with E-state index in [0.717, 1.165) is 25.3 Å². The molecule has 1 saturated heterocycles. The van der Waals surface area contributed by atoms with Gasteiger partial charge in [0.2, 0.25) is 5.95 Å². The number of hydrogen-bond donors (Lipinski definition) is 1. The lowest BCUT2D eigenvalue weighted by atomic mass is 10.2. The third kappa shape index (κ3) is 5.17. The molecule has 0 saturated carbocycles. The largest absolute Gasteiger partial charge is 0.494 e. The molecule has 0 aliphatic carbocycles. The van der Waals surface area contributed by atoms with Gasteiger partial charge in [-0.1, -0.05) is 17.2 Å². The number of aryl methyl sites for hydroxylation is 1. The smallest absolute Gasteiger partial charge is 0.242 e. The lowest BCUT2D eigenvalue weighted by molar-refractivity contribution is 0.310. The number of tetrazole rings is 1. The molecular weight excluding hydrogens is 308 g/mol. The van der Waals surface area contributed by atoms with Crippen LogP contribution in [0.3, 0.4) is 0 Å². The number of aromatic nitrogens is 4. The van der Waals surface area contributed by atoms with E-state index in [9.17, 15) is 0 Å². The SMILES string of the molecule is Cn1nnnc1NCCCOc1cccc(CN2CCCC2)c1.O. The molecule has 0 atom stereocenters. The fourth-order valence-corrected chi connectivity index (χ4v) is 2.77. The Bertz CT molecular complexity index is 612. The van der Waals surface area contributed by atoms with Gasteiger partial charge >= 0.3 is 0 Å². The zero-order valence-electron chi connectivity index (χ0n) is 14.1. The van der Waals surface area contributed by atoms with Gasteiger partial charge in [0.1, 0.15) is 5.75 Å². The molecule has 0 bridgehead atoms. The minimum atomic E-state index is 0. The zero-order valence-corrected chi connectivity index (χ0v) is 14.1. The fourth-order valence-electron chi connectivity index (χ4n) is 2.77. The molecule has 132 valence electrons. The Morgan fingerprint density at radius 1 is 1.25 bits per heavy atom. The van der Waals surface area contributed by atoms with Crippen LogP contribution in [0.25, 0.3) is 0 Å². The number of nitrogens with one attached hydrogen (secondary N) is 1. The van der Waals surface area contributed by atoms with Gasteiger partial charge in [0.15, 0.2) is 0 Å². The van der Waals surface area contributed by atoms with Gasteiger partial charge in [0, 0.05) is 20.1 Å². The Kier molecular flexibility index (Phi) is 6.95. The number of rotatable bonds is 8. The summed E-state index contributed by atoms with van der Waals surface area (Å²) in [4.78, 5) is 2.50. The highest BCUT2D eigenvalue weighted by Gasteiger charge is 2.11. The van der Waals surface area contributed by atoms with Crippen molar-refractivity contribution in [3.8, 4) is 5.75 Å². The van der Waals surface area contributed by atoms with Crippen LogP contribution in [0.4, 0.5) is 5.95 Å². The number of ether oxygens (including phenoxy) is 1. The zero-order chi connectivity index (χ0) is 15.9. The van der Waals surface area contributed by atoms with Gasteiger partial charge in [-0.2, -0.15) is 0 Å². The molecule has 24 heavy (non-hydrogen) atoms. The highest BCUT2D eigenvalue weighted by atomic mass is 16.5. The van der Waals surface area contributed by atoms with E-state index in [2.05, 4.69) is 43.9 Å². The maximum Gasteiger partial charge on any atom is 0.242 e. The van der Waals surface area contributed by atoms with Crippen LogP contribution in [0.5, 0.6) is 5.75 Å². The van der Waals surface area contributed by atoms with E-state index in [-0.39, 0.29) is 5.48 Å². The Morgan fingerprint density at radius 3 is 2.83 bits per heavy atom. The predicted molar refractivity (Wildman–Crippen MR) is 92.0 cm³/mol. The summed E-state index contributed by atoms with van der Waals surface area (Å²) in [6, 6.07) is 8.42. The first kappa shape index (κ1) is 18.2. The van der Waals surface area contributed by atoms with Crippen molar-refractivity contribution in [3.05, 3.63) is 29.8 Å². The summed E-state index contributed by atoms with van der Waals surface area (Å²) in [5, 5.41) is 14.4. The third-order valence-corrected chi connectivity index (χ3v) is 4.00. The van der Waals surface area contributed by atoms with Gasteiger partial charge < -0.3 is 15.5 Å². The molecule has 0 radical (unpaired) electrons. The highest BCUT2D eigenvalue weighted by molar-refractivity contribution is 5.28. The summed E-state index contributed by atoms with van der Waals surface area (Å²) >= 11 is 0. The molecule has 1 aromatic heterocycles. The Labute approximate surface area is 142 Å². The van der Waals surface area contributed by atoms with Crippen LogP contribution < -0.4 is 10.1 Å². The van der Waals surface area contributed by atoms with Crippen molar-refractivity contribution in [2.45, 2.75) is 25.8 Å². The van der Waals surface area contributed by atoms with Crippen molar-refractivity contribution in [2.75, 3.05) is 31.6 Å². The summed E-state index contributed by atoms with van der Waals surface area (Å²) in [6.45, 7) is 4.91. The van der Waals surface area contributed by atoms with Crippen LogP contribution in [0, 0.1) is 0 Å². The first-order valence-electron chi connectivity index (χ1n) is 8.21. The molecule has 8 heteroatoms. The molecule has 2 heterocycles. The van der Waals surface area contributed by atoms with E-state index >= 15 is 0 Å². The molecule has 0 amide bonds. The van der Waals surface area contributed by atoms with Crippen LogP contribution in [0.15, 0.2) is 24.3 Å². The third-order valence-electron chi connectivity index (χ3n) is 4.00. The van der Waals surface area contributed by atoms with Crippen molar-refractivity contribution in [3.63, 3.8) is 0 Å². The Morgan fingerprint density at radius 2 is 2.08 bits per heavy atom. The minimum absolute atomic E-state index is 0. The maximum atomic E-state index is 5.84. The lowest BCUT2D eigenvalue weighted by Crippen LogP contribution is -2.18. The van der Waals surface area contributed by atoms with Crippen molar-refractivity contribution < 1.29 is 10.2 Å². The quantitative estimate of drug-likeness (QED) is 0.719. The molecule has 3 rings (SSSR count). The number of benzene rings is 1. The summed E-state index contributed by atoms with van der Waals surface area (Å²) in [5.74, 6) is 1.62. The second kappa shape index (κ2) is 9.19. The van der Waals surface area contributed by atoms with Gasteiger partial charge in [-0.25, -0.2) is 4.68 Å². The average molecular weight is 334 g/mol. The molecule has 2 aromatic rings. The minimum Gasteiger partial charge on any atom is -0.494 e. The summed E-state index contributed by atoms with van der Waals surface area (Å²) in [5.41, 5.74) is 1.33. The first-order chi connectivity index (χ1) is 11.3. The topological polar surface area (TPSA) is 99.6 Å². The van der Waals surface area contributed by atoms with Gasteiger partial charge in [-0.15, -0.1) is 0 Å². The molecule has 1 aliphatic heterocycles. The molecule has 0 spiro atoms. The van der Waals surface area contributed by atoms with Crippen molar-refractivity contribution >= 4 is 5.95 Å². The number of nitrogens with zero attached hydrogens (tertiary/aromatic N) is 5. The summed E-state index contributed by atoms with van der Waals surface area (Å²) < 4.78 is 7.46. The molecular formula is C16H26N6O2. The summed E-state index contributed by atoms with van der Waals surface area (Å²) in [6.07, 6.45) is 3.54. The van der Waals surface area contributed by atoms with Crippen LogP contribution in [0.2, 0.25) is 0 Å². The molecule has 8 nitrogen and oxygen atoms in total. The predicted octanol–water partition coefficient (Wildman–Crippen LogP) is 0.862. The summed E-state index contributed by atoms with van der Waals surface area (Å²) in [7, 11) is 1.81. The molecule has 0 unspecified atom stereocenters. The van der Waals surface area contributed by atoms with Crippen molar-refractivity contribution in [1.82, 2.24) is 25.1 Å². The molecule has 1 fully saturated rings. The standard InChI is InChI=1S/C16H24N6O.H2O/c1-21-16(18-19-20-21)17-8-5-11-23-15-7-4-6-14(12-15)13-22-9-2-3-10-22;/h4,6-7,12H,2-3,5,8-11,13H2,1H3,(H,17,18,20);1H2. The van der Waals surface area contributed by atoms with E-state index in [1.165, 1.54) is 31.5 Å². The molecule has 1 aliphatic rings. The van der Waals surface area contributed by atoms with E-state index < -0.39 is 0 Å².